The van der Waals surface area contributed by atoms with Crippen molar-refractivity contribution in [2.24, 2.45) is 5.73 Å². The summed E-state index contributed by atoms with van der Waals surface area (Å²) in [7, 11) is 0. The van der Waals surface area contributed by atoms with E-state index in [4.69, 9.17) is 19.6 Å². The second-order valence-electron chi connectivity index (χ2n) is 4.17. The van der Waals surface area contributed by atoms with Crippen LogP contribution in [0.4, 0.5) is 0 Å². The molecule has 0 aliphatic heterocycles. The molecule has 2 N–H and O–H groups in total. The number of hydrogen-bond acceptors (Lipinski definition) is 4. The molecule has 0 atom stereocenters. The van der Waals surface area contributed by atoms with Crippen LogP contribution in [0.3, 0.4) is 0 Å². The molecule has 1 aromatic carbocycles. The fourth-order valence-electron chi connectivity index (χ4n) is 1.85. The highest BCUT2D eigenvalue weighted by Gasteiger charge is 2.08. The highest BCUT2D eigenvalue weighted by atomic mass is 16.5. The van der Waals surface area contributed by atoms with Crippen LogP contribution >= 0.6 is 0 Å². The van der Waals surface area contributed by atoms with E-state index in [9.17, 15) is 0 Å². The van der Waals surface area contributed by atoms with Gasteiger partial charge in [0.2, 0.25) is 0 Å². The highest BCUT2D eigenvalue weighted by molar-refractivity contribution is 5.39. The lowest BCUT2D eigenvalue weighted by Gasteiger charge is -2.10. The molecule has 2 aromatic rings. The Bertz CT molecular complexity index is 534. The van der Waals surface area contributed by atoms with E-state index >= 15 is 0 Å². The van der Waals surface area contributed by atoms with Gasteiger partial charge in [-0.25, -0.2) is 0 Å². The molecule has 0 saturated heterocycles. The second kappa shape index (κ2) is 6.29. The van der Waals surface area contributed by atoms with E-state index in [2.05, 4.69) is 0 Å². The molecule has 4 nitrogen and oxygen atoms in total. The molecule has 2 rings (SSSR count). The maximum absolute atomic E-state index is 5.73. The molecule has 4 heteroatoms. The van der Waals surface area contributed by atoms with Crippen molar-refractivity contribution in [3.63, 3.8) is 0 Å². The molecular weight excluding hydrogens is 242 g/mol. The molecule has 0 bridgehead atoms. The number of hydrogen-bond donors (Lipinski definition) is 1. The van der Waals surface area contributed by atoms with Gasteiger partial charge in [-0.1, -0.05) is 12.1 Å². The number of rotatable bonds is 6. The minimum Gasteiger partial charge on any atom is -0.490 e. The Morgan fingerprint density at radius 2 is 1.84 bits per heavy atom. The Balaban J connectivity index is 2.05. The van der Waals surface area contributed by atoms with Gasteiger partial charge in [-0.2, -0.15) is 0 Å². The predicted molar refractivity (Wildman–Crippen MR) is 73.3 cm³/mol. The van der Waals surface area contributed by atoms with Crippen LogP contribution in [-0.2, 0) is 13.2 Å². The average molecular weight is 261 g/mol. The first-order valence-electron chi connectivity index (χ1n) is 6.37. The molecule has 0 spiro atoms. The third-order valence-electron chi connectivity index (χ3n) is 2.81. The van der Waals surface area contributed by atoms with E-state index in [1.54, 1.807) is 0 Å². The largest absolute Gasteiger partial charge is 0.490 e. The Kier molecular flexibility index (Phi) is 4.47. The van der Waals surface area contributed by atoms with Crippen molar-refractivity contribution in [2.75, 3.05) is 6.61 Å². The normalized spacial score (nSPS) is 10.5. The van der Waals surface area contributed by atoms with Gasteiger partial charge in [-0.05, 0) is 32.0 Å². The van der Waals surface area contributed by atoms with E-state index in [0.717, 1.165) is 22.8 Å². The average Bonchev–Trinajstić information content (AvgIpc) is 2.78. The molecule has 0 fully saturated rings. The van der Waals surface area contributed by atoms with Gasteiger partial charge in [0.1, 0.15) is 18.1 Å². The van der Waals surface area contributed by atoms with Crippen LogP contribution < -0.4 is 15.2 Å². The Morgan fingerprint density at radius 1 is 1.16 bits per heavy atom. The Hall–Kier alpha value is -1.94. The van der Waals surface area contributed by atoms with Crippen molar-refractivity contribution in [1.82, 2.24) is 0 Å². The number of nitrogens with two attached hydrogens (primary N) is 1. The lowest BCUT2D eigenvalue weighted by molar-refractivity contribution is 0.246. The number of para-hydroxylation sites is 2. The summed E-state index contributed by atoms with van der Waals surface area (Å²) < 4.78 is 16.8. The number of aryl methyl sites for hydroxylation is 1. The molecule has 1 aromatic heterocycles. The zero-order valence-corrected chi connectivity index (χ0v) is 11.3. The van der Waals surface area contributed by atoms with E-state index in [1.165, 1.54) is 0 Å². The summed E-state index contributed by atoms with van der Waals surface area (Å²) in [5, 5.41) is 0. The summed E-state index contributed by atoms with van der Waals surface area (Å²) in [6.45, 7) is 5.30. The smallest absolute Gasteiger partial charge is 0.161 e. The fraction of sp³-hybridized carbons (Fsp3) is 0.333. The van der Waals surface area contributed by atoms with Crippen molar-refractivity contribution < 1.29 is 13.9 Å². The van der Waals surface area contributed by atoms with Gasteiger partial charge < -0.3 is 19.6 Å². The molecule has 0 aliphatic rings. The van der Waals surface area contributed by atoms with Gasteiger partial charge in [0.25, 0.3) is 0 Å². The third-order valence-corrected chi connectivity index (χ3v) is 2.81. The number of furan rings is 1. The maximum atomic E-state index is 5.73. The number of ether oxygens (including phenoxy) is 2. The Morgan fingerprint density at radius 3 is 2.42 bits per heavy atom. The van der Waals surface area contributed by atoms with Crippen molar-refractivity contribution >= 4 is 0 Å². The zero-order valence-electron chi connectivity index (χ0n) is 11.3. The molecule has 0 aliphatic carbocycles. The zero-order chi connectivity index (χ0) is 13.7. The summed E-state index contributed by atoms with van der Waals surface area (Å²) in [5.74, 6) is 3.07. The summed E-state index contributed by atoms with van der Waals surface area (Å²) >= 11 is 0. The van der Waals surface area contributed by atoms with Crippen LogP contribution in [0.5, 0.6) is 11.5 Å². The lowest BCUT2D eigenvalue weighted by Crippen LogP contribution is -1.99. The van der Waals surface area contributed by atoms with Crippen LogP contribution in [0.2, 0.25) is 0 Å². The summed E-state index contributed by atoms with van der Waals surface area (Å²) in [5.41, 5.74) is 6.62. The van der Waals surface area contributed by atoms with Crippen LogP contribution in [0.15, 0.2) is 34.7 Å². The third kappa shape index (κ3) is 3.29. The molecule has 0 amide bonds. The van der Waals surface area contributed by atoms with E-state index < -0.39 is 0 Å². The first-order chi connectivity index (χ1) is 9.24. The second-order valence-corrected chi connectivity index (χ2v) is 4.17. The van der Waals surface area contributed by atoms with Gasteiger partial charge in [-0.3, -0.25) is 0 Å². The maximum Gasteiger partial charge on any atom is 0.161 e. The fourth-order valence-corrected chi connectivity index (χ4v) is 1.85. The monoisotopic (exact) mass is 261 g/mol. The van der Waals surface area contributed by atoms with Gasteiger partial charge in [0.15, 0.2) is 11.5 Å². The quantitative estimate of drug-likeness (QED) is 0.868. The van der Waals surface area contributed by atoms with Crippen LogP contribution in [0, 0.1) is 6.92 Å². The molecule has 0 saturated carbocycles. The van der Waals surface area contributed by atoms with Crippen molar-refractivity contribution in [1.29, 1.82) is 0 Å². The van der Waals surface area contributed by atoms with E-state index in [0.29, 0.717) is 25.5 Å². The minimum atomic E-state index is 0.366. The number of benzene rings is 1. The highest BCUT2D eigenvalue weighted by Crippen LogP contribution is 2.27. The first-order valence-corrected chi connectivity index (χ1v) is 6.37. The van der Waals surface area contributed by atoms with E-state index in [1.807, 2.05) is 44.2 Å². The molecule has 19 heavy (non-hydrogen) atoms. The van der Waals surface area contributed by atoms with Crippen molar-refractivity contribution in [2.45, 2.75) is 27.0 Å². The summed E-state index contributed by atoms with van der Waals surface area (Å²) in [4.78, 5) is 0. The lowest BCUT2D eigenvalue weighted by atomic mass is 10.2. The topological polar surface area (TPSA) is 57.6 Å². The Labute approximate surface area is 113 Å². The molecule has 102 valence electrons. The van der Waals surface area contributed by atoms with Crippen LogP contribution in [-0.4, -0.2) is 6.61 Å². The molecular formula is C15H19NO3. The minimum absolute atomic E-state index is 0.366. The van der Waals surface area contributed by atoms with Gasteiger partial charge in [0.05, 0.1) is 6.61 Å². The van der Waals surface area contributed by atoms with Gasteiger partial charge in [-0.15, -0.1) is 0 Å². The molecule has 1 heterocycles. The van der Waals surface area contributed by atoms with Crippen LogP contribution in [0.1, 0.15) is 24.0 Å². The SMILES string of the molecule is CCOc1ccccc1OCc1cc(CN)c(C)o1. The molecule has 0 radical (unpaired) electrons. The van der Waals surface area contributed by atoms with Crippen LogP contribution in [0.25, 0.3) is 0 Å². The van der Waals surface area contributed by atoms with E-state index in [-0.39, 0.29) is 0 Å². The van der Waals surface area contributed by atoms with Gasteiger partial charge in [0, 0.05) is 12.1 Å². The summed E-state index contributed by atoms with van der Waals surface area (Å²) in [6, 6.07) is 9.53. The predicted octanol–water partition coefficient (Wildman–Crippen LogP) is 3.02. The molecule has 0 unspecified atom stereocenters. The van der Waals surface area contributed by atoms with Crippen molar-refractivity contribution in [3.05, 3.63) is 47.4 Å². The summed E-state index contributed by atoms with van der Waals surface area (Å²) in [6.07, 6.45) is 0. The first kappa shape index (κ1) is 13.5. The standard InChI is InChI=1S/C15H19NO3/c1-3-17-14-6-4-5-7-15(14)18-10-13-8-12(9-16)11(2)19-13/h4-8H,3,9-10,16H2,1-2H3. The van der Waals surface area contributed by atoms with Crippen molar-refractivity contribution in [3.8, 4) is 11.5 Å². The van der Waals surface area contributed by atoms with Gasteiger partial charge >= 0.3 is 0 Å².